The van der Waals surface area contributed by atoms with Crippen LogP contribution in [0.2, 0.25) is 0 Å². The summed E-state index contributed by atoms with van der Waals surface area (Å²) in [7, 11) is 0. The molecule has 0 aromatic heterocycles. The van der Waals surface area contributed by atoms with Gasteiger partial charge in [-0.25, -0.2) is 0 Å². The third-order valence-corrected chi connectivity index (χ3v) is 2.84. The van der Waals surface area contributed by atoms with Gasteiger partial charge in [-0.2, -0.15) is 0 Å². The van der Waals surface area contributed by atoms with Crippen LogP contribution in [-0.4, -0.2) is 12.7 Å². The van der Waals surface area contributed by atoms with E-state index >= 15 is 0 Å². The molecule has 1 aromatic carbocycles. The van der Waals surface area contributed by atoms with Gasteiger partial charge in [-0.1, -0.05) is 32.0 Å². The number of nitrogens with two attached hydrogens (primary N) is 1. The zero-order valence-electron chi connectivity index (χ0n) is 10.0. The van der Waals surface area contributed by atoms with Gasteiger partial charge in [0.2, 0.25) is 0 Å². The highest BCUT2D eigenvalue weighted by Gasteiger charge is 2.13. The van der Waals surface area contributed by atoms with E-state index in [0.29, 0.717) is 0 Å². The monoisotopic (exact) mass is 206 g/mol. The van der Waals surface area contributed by atoms with Gasteiger partial charge in [-0.15, -0.1) is 0 Å². The maximum Gasteiger partial charge on any atom is 0.0768 e. The van der Waals surface area contributed by atoms with E-state index in [9.17, 15) is 0 Å². The minimum Gasteiger partial charge on any atom is -0.356 e. The first-order valence-corrected chi connectivity index (χ1v) is 5.84. The zero-order valence-corrected chi connectivity index (χ0v) is 10.0. The maximum atomic E-state index is 6.11. The smallest absolute Gasteiger partial charge is 0.0768 e. The second-order valence-electron chi connectivity index (χ2n) is 3.74. The molecule has 0 bridgehead atoms. The highest BCUT2D eigenvalue weighted by atomic mass is 15.2. The van der Waals surface area contributed by atoms with Crippen LogP contribution in [-0.2, 0) is 6.42 Å². The van der Waals surface area contributed by atoms with E-state index in [4.69, 9.17) is 5.73 Å². The van der Waals surface area contributed by atoms with Crippen molar-refractivity contribution in [2.24, 2.45) is 5.73 Å². The number of rotatable bonds is 5. The Balaban J connectivity index is 3.00. The molecule has 2 heteroatoms. The van der Waals surface area contributed by atoms with Crippen LogP contribution in [0.4, 0.5) is 5.69 Å². The second-order valence-corrected chi connectivity index (χ2v) is 3.74. The predicted octanol–water partition coefficient (Wildman–Crippen LogP) is 2.77. The molecule has 0 radical (unpaired) electrons. The largest absolute Gasteiger partial charge is 0.356 e. The van der Waals surface area contributed by atoms with Crippen molar-refractivity contribution >= 4 is 5.69 Å². The van der Waals surface area contributed by atoms with E-state index in [-0.39, 0.29) is 6.17 Å². The first-order valence-electron chi connectivity index (χ1n) is 5.84. The van der Waals surface area contributed by atoms with Crippen LogP contribution in [0.3, 0.4) is 0 Å². The van der Waals surface area contributed by atoms with Gasteiger partial charge in [0.15, 0.2) is 0 Å². The fourth-order valence-electron chi connectivity index (χ4n) is 1.89. The highest BCUT2D eigenvalue weighted by Crippen LogP contribution is 2.22. The maximum absolute atomic E-state index is 6.11. The number of benzene rings is 1. The van der Waals surface area contributed by atoms with Gasteiger partial charge in [0.05, 0.1) is 6.17 Å². The van der Waals surface area contributed by atoms with Gasteiger partial charge in [0.25, 0.3) is 0 Å². The lowest BCUT2D eigenvalue weighted by Gasteiger charge is -2.31. The van der Waals surface area contributed by atoms with Crippen molar-refractivity contribution < 1.29 is 0 Å². The molecule has 1 atom stereocenters. The van der Waals surface area contributed by atoms with Crippen LogP contribution in [0.15, 0.2) is 24.3 Å². The first kappa shape index (κ1) is 12.1. The lowest BCUT2D eigenvalue weighted by Crippen LogP contribution is -2.42. The lowest BCUT2D eigenvalue weighted by atomic mass is 10.1. The number of anilines is 1. The lowest BCUT2D eigenvalue weighted by molar-refractivity contribution is 0.603. The van der Waals surface area contributed by atoms with Crippen molar-refractivity contribution in [3.8, 4) is 0 Å². The minimum absolute atomic E-state index is 0.127. The van der Waals surface area contributed by atoms with Crippen LogP contribution in [0.1, 0.15) is 32.8 Å². The molecule has 84 valence electrons. The highest BCUT2D eigenvalue weighted by molar-refractivity contribution is 5.54. The summed E-state index contributed by atoms with van der Waals surface area (Å²) < 4.78 is 0. The number of nitrogens with zero attached hydrogens (tertiary/aromatic N) is 1. The Morgan fingerprint density at radius 3 is 2.40 bits per heavy atom. The molecule has 0 spiro atoms. The molecule has 0 heterocycles. The minimum atomic E-state index is 0.127. The van der Waals surface area contributed by atoms with Crippen molar-refractivity contribution in [2.75, 3.05) is 11.4 Å². The van der Waals surface area contributed by atoms with Crippen molar-refractivity contribution in [1.82, 2.24) is 0 Å². The normalized spacial score (nSPS) is 12.5. The van der Waals surface area contributed by atoms with E-state index in [1.807, 2.05) is 0 Å². The molecule has 0 fully saturated rings. The molecule has 15 heavy (non-hydrogen) atoms. The Morgan fingerprint density at radius 2 is 1.87 bits per heavy atom. The van der Waals surface area contributed by atoms with E-state index in [1.54, 1.807) is 0 Å². The molecule has 0 aliphatic heterocycles. The summed E-state index contributed by atoms with van der Waals surface area (Å²) in [6, 6.07) is 8.52. The average molecular weight is 206 g/mol. The predicted molar refractivity (Wildman–Crippen MR) is 67.1 cm³/mol. The van der Waals surface area contributed by atoms with Crippen molar-refractivity contribution in [3.63, 3.8) is 0 Å². The Bertz CT molecular complexity index is 296. The fourth-order valence-corrected chi connectivity index (χ4v) is 1.89. The summed E-state index contributed by atoms with van der Waals surface area (Å²) in [6.45, 7) is 7.43. The summed E-state index contributed by atoms with van der Waals surface area (Å²) in [4.78, 5) is 2.28. The van der Waals surface area contributed by atoms with E-state index in [1.165, 1.54) is 11.3 Å². The fraction of sp³-hybridized carbons (Fsp3) is 0.538. The van der Waals surface area contributed by atoms with E-state index < -0.39 is 0 Å². The molecule has 2 nitrogen and oxygen atoms in total. The summed E-state index contributed by atoms with van der Waals surface area (Å²) in [5, 5.41) is 0. The summed E-state index contributed by atoms with van der Waals surface area (Å²) in [5.74, 6) is 0. The molecule has 0 saturated carbocycles. The Labute approximate surface area is 93.1 Å². The summed E-state index contributed by atoms with van der Waals surface area (Å²) >= 11 is 0. The van der Waals surface area contributed by atoms with Crippen molar-refractivity contribution in [1.29, 1.82) is 0 Å². The number of para-hydroxylation sites is 1. The van der Waals surface area contributed by atoms with Gasteiger partial charge >= 0.3 is 0 Å². The standard InChI is InChI=1S/C13H22N2/c1-4-11-9-7-8-10-12(11)15(6-3)13(14)5-2/h7-10,13H,4-6,14H2,1-3H3. The molecule has 0 aliphatic rings. The van der Waals surface area contributed by atoms with Crippen molar-refractivity contribution in [3.05, 3.63) is 29.8 Å². The third-order valence-electron chi connectivity index (χ3n) is 2.84. The second kappa shape index (κ2) is 5.76. The molecule has 0 amide bonds. The third kappa shape index (κ3) is 2.72. The molecular formula is C13H22N2. The van der Waals surface area contributed by atoms with E-state index in [2.05, 4.69) is 49.9 Å². The van der Waals surface area contributed by atoms with E-state index in [0.717, 1.165) is 19.4 Å². The molecule has 2 N–H and O–H groups in total. The molecular weight excluding hydrogens is 184 g/mol. The van der Waals surface area contributed by atoms with Gasteiger partial charge in [-0.05, 0) is 31.4 Å². The van der Waals surface area contributed by atoms with Crippen molar-refractivity contribution in [2.45, 2.75) is 39.8 Å². The van der Waals surface area contributed by atoms with Crippen LogP contribution in [0, 0.1) is 0 Å². The number of aryl methyl sites for hydroxylation is 1. The topological polar surface area (TPSA) is 29.3 Å². The zero-order chi connectivity index (χ0) is 11.3. The molecule has 1 rings (SSSR count). The Hall–Kier alpha value is -1.02. The van der Waals surface area contributed by atoms with Crippen LogP contribution >= 0.6 is 0 Å². The molecule has 1 aromatic rings. The molecule has 0 aliphatic carbocycles. The first-order chi connectivity index (χ1) is 7.24. The SMILES string of the molecule is CCc1ccccc1N(CC)C(N)CC. The average Bonchev–Trinajstić information content (AvgIpc) is 2.30. The van der Waals surface area contributed by atoms with Crippen LogP contribution in [0.25, 0.3) is 0 Å². The van der Waals surface area contributed by atoms with Gasteiger partial charge in [0, 0.05) is 12.2 Å². The van der Waals surface area contributed by atoms with Crippen LogP contribution in [0.5, 0.6) is 0 Å². The Kier molecular flexibility index (Phi) is 4.63. The Morgan fingerprint density at radius 1 is 1.20 bits per heavy atom. The molecule has 1 unspecified atom stereocenters. The van der Waals surface area contributed by atoms with Gasteiger partial charge < -0.3 is 10.6 Å². The van der Waals surface area contributed by atoms with Gasteiger partial charge in [-0.3, -0.25) is 0 Å². The summed E-state index contributed by atoms with van der Waals surface area (Å²) in [6.07, 6.45) is 2.16. The number of hydrogen-bond donors (Lipinski definition) is 1. The molecule has 0 saturated heterocycles. The van der Waals surface area contributed by atoms with Gasteiger partial charge in [0.1, 0.15) is 0 Å². The summed E-state index contributed by atoms with van der Waals surface area (Å²) in [5.41, 5.74) is 8.78. The van der Waals surface area contributed by atoms with Crippen LogP contribution < -0.4 is 10.6 Å². The number of hydrogen-bond acceptors (Lipinski definition) is 2. The quantitative estimate of drug-likeness (QED) is 0.751.